The van der Waals surface area contributed by atoms with E-state index in [1.807, 2.05) is 30.3 Å². The summed E-state index contributed by atoms with van der Waals surface area (Å²) in [6.07, 6.45) is 5.38. The molecule has 7 heteroatoms. The van der Waals surface area contributed by atoms with Gasteiger partial charge in [0.25, 0.3) is 5.91 Å². The zero-order valence-electron chi connectivity index (χ0n) is 13.8. The van der Waals surface area contributed by atoms with E-state index in [-0.39, 0.29) is 23.6 Å². The van der Waals surface area contributed by atoms with Crippen molar-refractivity contribution in [3.8, 4) is 12.3 Å². The molecule has 132 valence electrons. The molecular weight excluding hydrogens is 352 g/mol. The number of amides is 2. The van der Waals surface area contributed by atoms with E-state index in [2.05, 4.69) is 11.2 Å². The van der Waals surface area contributed by atoms with Gasteiger partial charge in [-0.1, -0.05) is 30.3 Å². The minimum Gasteiger partial charge on any atom is -0.452 e. The summed E-state index contributed by atoms with van der Waals surface area (Å²) >= 11 is 1.51. The first kappa shape index (κ1) is 16.7. The number of hydrogen-bond donors (Lipinski definition) is 1. The maximum absolute atomic E-state index is 12.6. The molecule has 1 saturated heterocycles. The van der Waals surface area contributed by atoms with E-state index in [4.69, 9.17) is 11.2 Å². The predicted molar refractivity (Wildman–Crippen MR) is 95.5 cm³/mol. The van der Waals surface area contributed by atoms with E-state index in [1.54, 1.807) is 0 Å². The van der Waals surface area contributed by atoms with Crippen LogP contribution in [0.1, 0.15) is 12.0 Å². The molecule has 0 saturated carbocycles. The molecule has 3 heterocycles. The highest BCUT2D eigenvalue weighted by molar-refractivity contribution is 8.00. The van der Waals surface area contributed by atoms with Crippen LogP contribution in [-0.2, 0) is 25.5 Å². The molecule has 0 bridgehead atoms. The van der Waals surface area contributed by atoms with Gasteiger partial charge in [0.15, 0.2) is 0 Å². The summed E-state index contributed by atoms with van der Waals surface area (Å²) in [5.41, 5.74) is 1.97. The Bertz CT molecular complexity index is 858. The molecule has 1 fully saturated rings. The smallest absolute Gasteiger partial charge is 0.355 e. The van der Waals surface area contributed by atoms with Gasteiger partial charge in [-0.3, -0.25) is 14.5 Å². The number of carbonyl (C=O) groups excluding carboxylic acids is 3. The van der Waals surface area contributed by atoms with Crippen LogP contribution < -0.4 is 5.32 Å². The summed E-state index contributed by atoms with van der Waals surface area (Å²) in [5.74, 6) is 2.05. The van der Waals surface area contributed by atoms with Crippen LogP contribution in [0.3, 0.4) is 0 Å². The van der Waals surface area contributed by atoms with Gasteiger partial charge < -0.3 is 10.1 Å². The Balaban J connectivity index is 1.45. The molecule has 1 N–H and O–H groups in total. The minimum atomic E-state index is -0.621. The van der Waals surface area contributed by atoms with Crippen molar-refractivity contribution in [2.75, 3.05) is 5.75 Å². The summed E-state index contributed by atoms with van der Waals surface area (Å²) in [5, 5.41) is 2.51. The molecule has 0 aromatic heterocycles. The van der Waals surface area contributed by atoms with E-state index >= 15 is 0 Å². The van der Waals surface area contributed by atoms with Crippen LogP contribution in [0.4, 0.5) is 0 Å². The number of hydrogen-bond acceptors (Lipinski definition) is 5. The molecule has 6 nitrogen and oxygen atoms in total. The summed E-state index contributed by atoms with van der Waals surface area (Å²) in [4.78, 5) is 38.4. The maximum atomic E-state index is 12.6. The Labute approximate surface area is 154 Å². The molecule has 1 aromatic carbocycles. The Morgan fingerprint density at radius 2 is 2.12 bits per heavy atom. The lowest BCUT2D eigenvalue weighted by Crippen LogP contribution is -2.70. The van der Waals surface area contributed by atoms with Crippen molar-refractivity contribution < 1.29 is 19.1 Å². The summed E-state index contributed by atoms with van der Waals surface area (Å²) in [7, 11) is 0. The van der Waals surface area contributed by atoms with Crippen molar-refractivity contribution in [2.24, 2.45) is 0 Å². The normalized spacial score (nSPS) is 26.4. The number of cyclic esters (lactones) is 1. The average Bonchev–Trinajstić information content (AvgIpc) is 2.95. The number of benzene rings is 1. The number of nitrogens with one attached hydrogen (secondary N) is 1. The van der Waals surface area contributed by atoms with Gasteiger partial charge in [0.2, 0.25) is 5.91 Å². The highest BCUT2D eigenvalue weighted by Crippen LogP contribution is 2.44. The molecule has 3 aliphatic rings. The van der Waals surface area contributed by atoms with Gasteiger partial charge in [0.1, 0.15) is 23.2 Å². The second-order valence-electron chi connectivity index (χ2n) is 6.29. The van der Waals surface area contributed by atoms with E-state index < -0.39 is 18.1 Å². The van der Waals surface area contributed by atoms with Gasteiger partial charge in [-0.25, -0.2) is 4.79 Å². The average molecular weight is 368 g/mol. The van der Waals surface area contributed by atoms with Crippen molar-refractivity contribution in [3.63, 3.8) is 0 Å². The number of nitrogens with zero attached hydrogens (tertiary/aromatic N) is 1. The van der Waals surface area contributed by atoms with Crippen LogP contribution in [0.15, 0.2) is 41.6 Å². The van der Waals surface area contributed by atoms with E-state index in [0.29, 0.717) is 17.9 Å². The van der Waals surface area contributed by atoms with Crippen molar-refractivity contribution in [1.82, 2.24) is 10.2 Å². The van der Waals surface area contributed by atoms with Crippen LogP contribution in [-0.4, -0.2) is 46.0 Å². The van der Waals surface area contributed by atoms with Gasteiger partial charge in [-0.2, -0.15) is 0 Å². The number of esters is 1. The predicted octanol–water partition coefficient (Wildman–Crippen LogP) is 0.832. The molecule has 2 amide bonds. The number of fused-ring (bicyclic) bond motifs is 2. The van der Waals surface area contributed by atoms with Crippen molar-refractivity contribution in [1.29, 1.82) is 0 Å². The molecule has 3 aliphatic heterocycles. The summed E-state index contributed by atoms with van der Waals surface area (Å²) < 4.78 is 5.29. The largest absolute Gasteiger partial charge is 0.452 e. The molecule has 0 radical (unpaired) electrons. The lowest BCUT2D eigenvalue weighted by molar-refractivity contribution is -0.151. The lowest BCUT2D eigenvalue weighted by atomic mass is 10.0. The molecule has 0 aliphatic carbocycles. The number of β-lactam (4-membered cyclic amide) rings is 1. The molecule has 1 aromatic rings. The molecule has 4 rings (SSSR count). The Kier molecular flexibility index (Phi) is 4.21. The third-order valence-corrected chi connectivity index (χ3v) is 5.96. The Morgan fingerprint density at radius 3 is 2.85 bits per heavy atom. The monoisotopic (exact) mass is 368 g/mol. The number of ether oxygens (including phenoxy) is 1. The number of terminal acetylenes is 1. The van der Waals surface area contributed by atoms with E-state index in [9.17, 15) is 14.4 Å². The topological polar surface area (TPSA) is 75.7 Å². The number of rotatable bonds is 4. The van der Waals surface area contributed by atoms with E-state index in [0.717, 1.165) is 11.1 Å². The summed E-state index contributed by atoms with van der Waals surface area (Å²) in [6, 6.07) is 8.71. The van der Waals surface area contributed by atoms with Gasteiger partial charge in [-0.15, -0.1) is 24.1 Å². The van der Waals surface area contributed by atoms with Gasteiger partial charge >= 0.3 is 5.97 Å². The number of carbonyl (C=O) groups is 3. The van der Waals surface area contributed by atoms with Crippen LogP contribution in [0.2, 0.25) is 0 Å². The highest BCUT2D eigenvalue weighted by Gasteiger charge is 2.57. The SMILES string of the molecule is C#CC[C@@H]1OC(=O)C2=C1CS[C@@H]1[C@H](NC(=O)Cc3ccccc3)C(=O)N21. The third kappa shape index (κ3) is 2.67. The first-order valence-electron chi connectivity index (χ1n) is 8.25. The molecule has 0 unspecified atom stereocenters. The van der Waals surface area contributed by atoms with Crippen molar-refractivity contribution >= 4 is 29.5 Å². The van der Waals surface area contributed by atoms with Crippen molar-refractivity contribution in [2.45, 2.75) is 30.4 Å². The fraction of sp³-hybridized carbons (Fsp3) is 0.316. The maximum Gasteiger partial charge on any atom is 0.355 e. The van der Waals surface area contributed by atoms with Crippen LogP contribution in [0, 0.1) is 12.3 Å². The fourth-order valence-corrected chi connectivity index (χ4v) is 4.82. The number of thioether (sulfide) groups is 1. The quantitative estimate of drug-likeness (QED) is 0.484. The first-order valence-corrected chi connectivity index (χ1v) is 9.30. The zero-order chi connectivity index (χ0) is 18.3. The van der Waals surface area contributed by atoms with Crippen LogP contribution in [0.5, 0.6) is 0 Å². The second kappa shape index (κ2) is 6.54. The van der Waals surface area contributed by atoms with Crippen LogP contribution in [0.25, 0.3) is 0 Å². The van der Waals surface area contributed by atoms with Gasteiger partial charge in [-0.05, 0) is 5.56 Å². The van der Waals surface area contributed by atoms with Gasteiger partial charge in [0, 0.05) is 17.7 Å². The van der Waals surface area contributed by atoms with Crippen molar-refractivity contribution in [3.05, 3.63) is 47.2 Å². The highest BCUT2D eigenvalue weighted by atomic mass is 32.2. The minimum absolute atomic E-state index is 0.211. The first-order chi connectivity index (χ1) is 12.6. The molecule has 0 spiro atoms. The van der Waals surface area contributed by atoms with Crippen LogP contribution >= 0.6 is 11.8 Å². The fourth-order valence-electron chi connectivity index (χ4n) is 3.41. The molecular formula is C19H16N2O4S. The molecule has 3 atom stereocenters. The third-order valence-electron chi connectivity index (χ3n) is 4.66. The standard InChI is InChI=1S/C19H16N2O4S/c1-2-6-13-12-10-26-18-15(17(23)21(18)16(12)19(24)25-13)20-14(22)9-11-7-4-3-5-8-11/h1,3-5,7-8,13,15,18H,6,9-10H2,(H,20,22)/t13-,15+,18+/m0/s1. The lowest BCUT2D eigenvalue weighted by Gasteiger charge is -2.48. The van der Waals surface area contributed by atoms with Gasteiger partial charge in [0.05, 0.1) is 6.42 Å². The zero-order valence-corrected chi connectivity index (χ0v) is 14.6. The Morgan fingerprint density at radius 1 is 1.35 bits per heavy atom. The molecule has 26 heavy (non-hydrogen) atoms. The summed E-state index contributed by atoms with van der Waals surface area (Å²) in [6.45, 7) is 0. The second-order valence-corrected chi connectivity index (χ2v) is 7.40. The van der Waals surface area contributed by atoms with E-state index in [1.165, 1.54) is 16.7 Å². The Hall–Kier alpha value is -2.72.